The van der Waals surface area contributed by atoms with Gasteiger partial charge in [-0.1, -0.05) is 17.7 Å². The Morgan fingerprint density at radius 3 is 2.77 bits per heavy atom. The van der Waals surface area contributed by atoms with Crippen molar-refractivity contribution in [2.75, 3.05) is 33.4 Å². The second-order valence-corrected chi connectivity index (χ2v) is 8.91. The summed E-state index contributed by atoms with van der Waals surface area (Å²) in [6.45, 7) is 4.22. The van der Waals surface area contributed by atoms with E-state index in [-0.39, 0.29) is 12.2 Å². The Labute approximate surface area is 187 Å². The number of hydrogen-bond acceptors (Lipinski definition) is 6. The van der Waals surface area contributed by atoms with Crippen LogP contribution in [0.25, 0.3) is 0 Å². The summed E-state index contributed by atoms with van der Waals surface area (Å²) in [5.41, 5.74) is 2.34. The Morgan fingerprint density at radius 1 is 1.26 bits per heavy atom. The number of aliphatic hydroxyl groups excluding tert-OH is 1. The van der Waals surface area contributed by atoms with Crippen molar-refractivity contribution in [2.45, 2.75) is 37.9 Å². The smallest absolute Gasteiger partial charge is 0.341 e. The van der Waals surface area contributed by atoms with E-state index in [0.717, 1.165) is 48.7 Å². The third-order valence-corrected chi connectivity index (χ3v) is 6.31. The number of ether oxygens (including phenoxy) is 3. The third kappa shape index (κ3) is 4.97. The first-order chi connectivity index (χ1) is 14.9. The van der Waals surface area contributed by atoms with Crippen molar-refractivity contribution >= 4 is 17.6 Å². The summed E-state index contributed by atoms with van der Waals surface area (Å²) >= 11 is 6.12. The van der Waals surface area contributed by atoms with Crippen molar-refractivity contribution in [1.82, 2.24) is 4.90 Å². The van der Waals surface area contributed by atoms with Gasteiger partial charge in [-0.15, -0.1) is 0 Å². The lowest BCUT2D eigenvalue weighted by Gasteiger charge is -2.39. The van der Waals surface area contributed by atoms with Gasteiger partial charge in [-0.25, -0.2) is 4.79 Å². The highest BCUT2D eigenvalue weighted by molar-refractivity contribution is 6.30. The molecule has 31 heavy (non-hydrogen) atoms. The quantitative estimate of drug-likeness (QED) is 0.684. The van der Waals surface area contributed by atoms with E-state index in [4.69, 9.17) is 25.8 Å². The molecule has 0 unspecified atom stereocenters. The van der Waals surface area contributed by atoms with E-state index in [9.17, 15) is 9.90 Å². The van der Waals surface area contributed by atoms with Crippen LogP contribution in [-0.4, -0.2) is 61.0 Å². The van der Waals surface area contributed by atoms with E-state index < -0.39 is 12.1 Å². The Balaban J connectivity index is 1.28. The summed E-state index contributed by atoms with van der Waals surface area (Å²) < 4.78 is 16.9. The maximum Gasteiger partial charge on any atom is 0.341 e. The van der Waals surface area contributed by atoms with Gasteiger partial charge in [0, 0.05) is 43.9 Å². The number of halogens is 1. The minimum atomic E-state index is -0.666. The normalized spacial score (nSPS) is 18.3. The fourth-order valence-corrected chi connectivity index (χ4v) is 4.58. The molecule has 6 nitrogen and oxygen atoms in total. The molecule has 1 spiro atoms. The number of carbonyl (C=O) groups excluding carboxylic acids is 1. The molecule has 0 saturated carbocycles. The molecule has 0 amide bonds. The Morgan fingerprint density at radius 2 is 2.03 bits per heavy atom. The lowest BCUT2D eigenvalue weighted by molar-refractivity contribution is -0.00204. The third-order valence-electron chi connectivity index (χ3n) is 6.07. The van der Waals surface area contributed by atoms with Gasteiger partial charge >= 0.3 is 5.97 Å². The first-order valence-electron chi connectivity index (χ1n) is 10.6. The highest BCUT2D eigenvalue weighted by Gasteiger charge is 2.42. The molecule has 2 heterocycles. The molecule has 2 aromatic carbocycles. The summed E-state index contributed by atoms with van der Waals surface area (Å²) in [7, 11) is 1.34. The molecule has 0 radical (unpaired) electrons. The Bertz CT molecular complexity index is 955. The largest absolute Gasteiger partial charge is 0.490 e. The first-order valence-corrected chi connectivity index (χ1v) is 10.9. The minimum Gasteiger partial charge on any atom is -0.490 e. The van der Waals surface area contributed by atoms with E-state index in [2.05, 4.69) is 4.90 Å². The number of fused-ring (bicyclic) bond motifs is 1. The van der Waals surface area contributed by atoms with Crippen LogP contribution >= 0.6 is 11.6 Å². The summed E-state index contributed by atoms with van der Waals surface area (Å²) in [6.07, 6.45) is 2.01. The van der Waals surface area contributed by atoms with Gasteiger partial charge in [0.2, 0.25) is 0 Å². The molecule has 166 valence electrons. The fourth-order valence-electron chi connectivity index (χ4n) is 4.39. The minimum absolute atomic E-state index is 0.107. The van der Waals surface area contributed by atoms with E-state index >= 15 is 0 Å². The second-order valence-electron chi connectivity index (χ2n) is 8.47. The molecule has 4 rings (SSSR count). The van der Waals surface area contributed by atoms with E-state index in [1.807, 2.05) is 31.2 Å². The highest BCUT2D eigenvalue weighted by atomic mass is 35.5. The molecule has 2 aliphatic heterocycles. The molecular weight excluding hydrogens is 418 g/mol. The molecule has 0 aliphatic carbocycles. The first kappa shape index (κ1) is 21.9. The zero-order chi connectivity index (χ0) is 22.0. The van der Waals surface area contributed by atoms with Crippen LogP contribution in [0.5, 0.6) is 11.5 Å². The second kappa shape index (κ2) is 9.07. The number of aliphatic hydroxyl groups is 1. The molecule has 7 heteroatoms. The number of benzene rings is 2. The fraction of sp³-hybridized carbons (Fsp3) is 0.458. The Hall–Kier alpha value is -2.28. The van der Waals surface area contributed by atoms with Crippen LogP contribution in [0.1, 0.15) is 34.3 Å². The molecule has 0 aromatic heterocycles. The van der Waals surface area contributed by atoms with E-state index in [0.29, 0.717) is 17.9 Å². The van der Waals surface area contributed by atoms with Crippen molar-refractivity contribution in [2.24, 2.45) is 0 Å². The zero-order valence-corrected chi connectivity index (χ0v) is 18.7. The van der Waals surface area contributed by atoms with Crippen LogP contribution in [0.4, 0.5) is 0 Å². The number of hydrogen-bond donors (Lipinski definition) is 1. The van der Waals surface area contributed by atoms with Crippen LogP contribution in [0.2, 0.25) is 5.02 Å². The van der Waals surface area contributed by atoms with Crippen molar-refractivity contribution < 1.29 is 24.1 Å². The van der Waals surface area contributed by atoms with Crippen molar-refractivity contribution in [3.05, 3.63) is 58.1 Å². The molecule has 0 bridgehead atoms. The van der Waals surface area contributed by atoms with Crippen LogP contribution < -0.4 is 9.47 Å². The average molecular weight is 446 g/mol. The maximum absolute atomic E-state index is 11.9. The highest BCUT2D eigenvalue weighted by Crippen LogP contribution is 2.41. The summed E-state index contributed by atoms with van der Waals surface area (Å²) in [5, 5.41) is 11.3. The average Bonchev–Trinajstić information content (AvgIpc) is 3.10. The molecule has 1 N–H and O–H groups in total. The van der Waals surface area contributed by atoms with Crippen LogP contribution in [0.3, 0.4) is 0 Å². The number of methoxy groups -OCH3 is 1. The summed E-state index contributed by atoms with van der Waals surface area (Å²) in [6, 6.07) is 11.1. The monoisotopic (exact) mass is 445 g/mol. The predicted molar refractivity (Wildman–Crippen MR) is 118 cm³/mol. The standard InChI is InChI=1S/C24H28ClNO5/c1-16-3-5-20(23(28)29-2)22(11-16)30-15-19(27)14-26-9-7-24(8-10-26)13-17-12-18(25)4-6-21(17)31-24/h3-6,11-12,19,27H,7-10,13-15H2,1-2H3/t19-/m1/s1. The lowest BCUT2D eigenvalue weighted by atomic mass is 9.87. The number of carbonyl (C=O) groups is 1. The predicted octanol–water partition coefficient (Wildman–Crippen LogP) is 3.64. The van der Waals surface area contributed by atoms with Gasteiger partial charge in [0.25, 0.3) is 0 Å². The van der Waals surface area contributed by atoms with E-state index in [1.165, 1.54) is 12.7 Å². The summed E-state index contributed by atoms with van der Waals surface area (Å²) in [5.74, 6) is 0.912. The zero-order valence-electron chi connectivity index (χ0n) is 17.9. The molecule has 2 aliphatic rings. The number of piperidine rings is 1. The number of β-amino-alcohol motifs (C(OH)–C–C–N with tert-alkyl or cyclic N) is 1. The van der Waals surface area contributed by atoms with Gasteiger partial charge < -0.3 is 24.2 Å². The topological polar surface area (TPSA) is 68.2 Å². The number of aryl methyl sites for hydroxylation is 1. The number of rotatable bonds is 6. The van der Waals surface area contributed by atoms with Crippen LogP contribution in [0, 0.1) is 6.92 Å². The van der Waals surface area contributed by atoms with Crippen molar-refractivity contribution in [3.8, 4) is 11.5 Å². The number of esters is 1. The lowest BCUT2D eigenvalue weighted by Crippen LogP contribution is -2.49. The SMILES string of the molecule is COC(=O)c1ccc(C)cc1OC[C@H](O)CN1CCC2(CC1)Cc1cc(Cl)ccc1O2. The van der Waals surface area contributed by atoms with Gasteiger partial charge in [0.15, 0.2) is 0 Å². The van der Waals surface area contributed by atoms with E-state index in [1.54, 1.807) is 12.1 Å². The number of nitrogens with zero attached hydrogens (tertiary/aromatic N) is 1. The molecular formula is C24H28ClNO5. The Kier molecular flexibility index (Phi) is 6.42. The van der Waals surface area contributed by atoms with Gasteiger partial charge in [-0.2, -0.15) is 0 Å². The van der Waals surface area contributed by atoms with Crippen LogP contribution in [0.15, 0.2) is 36.4 Å². The van der Waals surface area contributed by atoms with Gasteiger partial charge in [-0.3, -0.25) is 0 Å². The maximum atomic E-state index is 11.9. The van der Waals surface area contributed by atoms with Crippen LogP contribution in [-0.2, 0) is 11.2 Å². The molecule has 2 aromatic rings. The summed E-state index contributed by atoms with van der Waals surface area (Å²) in [4.78, 5) is 14.2. The van der Waals surface area contributed by atoms with Gasteiger partial charge in [-0.05, 0) is 48.4 Å². The molecule has 1 atom stereocenters. The molecule has 1 fully saturated rings. The van der Waals surface area contributed by atoms with Gasteiger partial charge in [0.05, 0.1) is 7.11 Å². The van der Waals surface area contributed by atoms with Gasteiger partial charge in [0.1, 0.15) is 35.4 Å². The van der Waals surface area contributed by atoms with Crippen molar-refractivity contribution in [1.29, 1.82) is 0 Å². The number of likely N-dealkylation sites (tertiary alicyclic amines) is 1. The molecule has 1 saturated heterocycles. The van der Waals surface area contributed by atoms with Crippen molar-refractivity contribution in [3.63, 3.8) is 0 Å².